The Morgan fingerprint density at radius 1 is 1.30 bits per heavy atom. The smallest absolute Gasteiger partial charge is 0.172 e. The molecule has 4 heteroatoms. The average molecular weight is 346 g/mol. The highest BCUT2D eigenvalue weighted by atomic mass is 79.9. The molecule has 0 N–H and O–H groups in total. The normalized spacial score (nSPS) is 10.9. The van der Waals surface area contributed by atoms with E-state index in [1.54, 1.807) is 6.20 Å². The van der Waals surface area contributed by atoms with Crippen molar-refractivity contribution in [1.29, 1.82) is 0 Å². The fraction of sp³-hybridized carbons (Fsp3) is 0.125. The highest BCUT2D eigenvalue weighted by Gasteiger charge is 2.11. The molecule has 2 heterocycles. The van der Waals surface area contributed by atoms with Crippen molar-refractivity contribution in [2.45, 2.75) is 13.3 Å². The van der Waals surface area contributed by atoms with Crippen molar-refractivity contribution in [1.82, 2.24) is 4.98 Å². The molecule has 0 atom stereocenters. The number of halogens is 1. The first-order valence-corrected chi connectivity index (χ1v) is 7.97. The Morgan fingerprint density at radius 2 is 2.15 bits per heavy atom. The number of benzene rings is 1. The van der Waals surface area contributed by atoms with Crippen LogP contribution in [0.3, 0.4) is 0 Å². The van der Waals surface area contributed by atoms with Crippen LogP contribution in [0.4, 0.5) is 0 Å². The van der Waals surface area contributed by atoms with Gasteiger partial charge in [0.1, 0.15) is 0 Å². The van der Waals surface area contributed by atoms with Gasteiger partial charge in [0.05, 0.1) is 10.4 Å². The summed E-state index contributed by atoms with van der Waals surface area (Å²) in [6, 6.07) is 12.1. The summed E-state index contributed by atoms with van der Waals surface area (Å²) in [5.41, 5.74) is 2.04. The number of pyridine rings is 1. The molecule has 100 valence electrons. The Morgan fingerprint density at radius 3 is 2.95 bits per heavy atom. The van der Waals surface area contributed by atoms with Crippen LogP contribution in [0.5, 0.6) is 0 Å². The van der Waals surface area contributed by atoms with Gasteiger partial charge in [-0.3, -0.25) is 9.78 Å². The van der Waals surface area contributed by atoms with Crippen LogP contribution < -0.4 is 0 Å². The molecule has 0 radical (unpaired) electrons. The van der Waals surface area contributed by atoms with Crippen LogP contribution in [0, 0.1) is 0 Å². The number of Topliss-reactive ketones (excluding diaryl/α,β-unsaturated/α-hetero) is 1. The number of carbonyl (C=O) groups is 1. The van der Waals surface area contributed by atoms with E-state index < -0.39 is 0 Å². The number of fused-ring (bicyclic) bond motifs is 1. The largest absolute Gasteiger partial charge is 0.293 e. The molecule has 0 saturated carbocycles. The second kappa shape index (κ2) is 5.46. The summed E-state index contributed by atoms with van der Waals surface area (Å²) in [6.45, 7) is 1.89. The molecular weight excluding hydrogens is 334 g/mol. The molecule has 3 aromatic rings. The van der Waals surface area contributed by atoms with Crippen molar-refractivity contribution in [3.8, 4) is 10.4 Å². The summed E-state index contributed by atoms with van der Waals surface area (Å²) in [5, 5.41) is 1.09. The summed E-state index contributed by atoms with van der Waals surface area (Å²) in [7, 11) is 0. The van der Waals surface area contributed by atoms with E-state index >= 15 is 0 Å². The van der Waals surface area contributed by atoms with E-state index in [1.807, 2.05) is 31.2 Å². The predicted molar refractivity (Wildman–Crippen MR) is 87.4 cm³/mol. The molecule has 0 fully saturated rings. The number of para-hydroxylation sites is 1. The molecular formula is C16H12BrNOS. The van der Waals surface area contributed by atoms with E-state index in [-0.39, 0.29) is 5.78 Å². The molecule has 0 aliphatic carbocycles. The SMILES string of the molecule is CCC(=O)c1ccc(-c2cccc3cc(Br)cnc23)s1. The first-order valence-electron chi connectivity index (χ1n) is 6.36. The van der Waals surface area contributed by atoms with E-state index in [9.17, 15) is 4.79 Å². The Balaban J connectivity index is 2.14. The number of rotatable bonds is 3. The minimum Gasteiger partial charge on any atom is -0.293 e. The molecule has 3 rings (SSSR count). The molecule has 0 unspecified atom stereocenters. The zero-order chi connectivity index (χ0) is 14.1. The number of hydrogen-bond acceptors (Lipinski definition) is 3. The predicted octanol–water partition coefficient (Wildman–Crippen LogP) is 5.32. The quantitative estimate of drug-likeness (QED) is 0.601. The Bertz CT molecular complexity index is 794. The molecule has 2 nitrogen and oxygen atoms in total. The maximum atomic E-state index is 11.8. The van der Waals surface area contributed by atoms with Gasteiger partial charge >= 0.3 is 0 Å². The minimum absolute atomic E-state index is 0.192. The molecule has 0 saturated heterocycles. The molecule has 0 spiro atoms. The molecule has 1 aromatic carbocycles. The van der Waals surface area contributed by atoms with Crippen molar-refractivity contribution < 1.29 is 4.79 Å². The van der Waals surface area contributed by atoms with Crippen LogP contribution in [-0.2, 0) is 0 Å². The van der Waals surface area contributed by atoms with Crippen molar-refractivity contribution in [2.24, 2.45) is 0 Å². The number of carbonyl (C=O) groups excluding carboxylic acids is 1. The topological polar surface area (TPSA) is 30.0 Å². The second-order valence-electron chi connectivity index (χ2n) is 4.47. The lowest BCUT2D eigenvalue weighted by Crippen LogP contribution is -1.90. The summed E-state index contributed by atoms with van der Waals surface area (Å²) < 4.78 is 0.968. The van der Waals surface area contributed by atoms with Gasteiger partial charge in [0.2, 0.25) is 0 Å². The zero-order valence-electron chi connectivity index (χ0n) is 10.9. The fourth-order valence-electron chi connectivity index (χ4n) is 2.14. The van der Waals surface area contributed by atoms with Crippen LogP contribution in [0.1, 0.15) is 23.0 Å². The van der Waals surface area contributed by atoms with Gasteiger partial charge in [0.15, 0.2) is 5.78 Å². The first kappa shape index (κ1) is 13.5. The van der Waals surface area contributed by atoms with E-state index in [2.05, 4.69) is 33.0 Å². The summed E-state index contributed by atoms with van der Waals surface area (Å²) in [5.74, 6) is 0.192. The summed E-state index contributed by atoms with van der Waals surface area (Å²) >= 11 is 4.98. The molecule has 20 heavy (non-hydrogen) atoms. The standard InChI is InChI=1S/C16H12BrNOS/c1-2-13(19)15-7-6-14(20-15)12-5-3-4-10-8-11(17)9-18-16(10)12/h3-9H,2H2,1H3. The van der Waals surface area contributed by atoms with Crippen LogP contribution in [0.2, 0.25) is 0 Å². The van der Waals surface area contributed by atoms with Gasteiger partial charge in [-0.1, -0.05) is 25.1 Å². The fourth-order valence-corrected chi connectivity index (χ4v) is 3.53. The highest BCUT2D eigenvalue weighted by molar-refractivity contribution is 9.10. The van der Waals surface area contributed by atoms with Crippen LogP contribution in [0.25, 0.3) is 21.3 Å². The monoisotopic (exact) mass is 345 g/mol. The lowest BCUT2D eigenvalue weighted by molar-refractivity contribution is 0.0992. The molecule has 0 bridgehead atoms. The van der Waals surface area contributed by atoms with Crippen LogP contribution in [-0.4, -0.2) is 10.8 Å². The first-order chi connectivity index (χ1) is 9.69. The zero-order valence-corrected chi connectivity index (χ0v) is 13.3. The average Bonchev–Trinajstić information content (AvgIpc) is 2.95. The molecule has 0 aliphatic rings. The maximum Gasteiger partial charge on any atom is 0.172 e. The lowest BCUT2D eigenvalue weighted by Gasteiger charge is -2.03. The number of nitrogens with zero attached hydrogens (tertiary/aromatic N) is 1. The number of ketones is 1. The number of aromatic nitrogens is 1. The van der Waals surface area contributed by atoms with Gasteiger partial charge in [-0.2, -0.15) is 0 Å². The van der Waals surface area contributed by atoms with Crippen LogP contribution in [0.15, 0.2) is 47.1 Å². The van der Waals surface area contributed by atoms with E-state index in [0.717, 1.165) is 30.7 Å². The summed E-state index contributed by atoms with van der Waals surface area (Å²) in [6.07, 6.45) is 2.35. The number of thiophene rings is 1. The molecule has 2 aromatic heterocycles. The van der Waals surface area contributed by atoms with Crippen molar-refractivity contribution in [3.05, 3.63) is 51.9 Å². The van der Waals surface area contributed by atoms with Gasteiger partial charge in [-0.15, -0.1) is 11.3 Å². The third kappa shape index (κ3) is 2.41. The Labute approximate surface area is 129 Å². The summed E-state index contributed by atoms with van der Waals surface area (Å²) in [4.78, 5) is 18.2. The molecule has 0 aliphatic heterocycles. The Hall–Kier alpha value is -1.52. The van der Waals surface area contributed by atoms with E-state index in [0.29, 0.717) is 6.42 Å². The van der Waals surface area contributed by atoms with Gasteiger partial charge in [0, 0.05) is 32.9 Å². The third-order valence-corrected chi connectivity index (χ3v) is 4.74. The van der Waals surface area contributed by atoms with Crippen molar-refractivity contribution in [3.63, 3.8) is 0 Å². The minimum atomic E-state index is 0.192. The van der Waals surface area contributed by atoms with Gasteiger partial charge in [-0.05, 0) is 34.1 Å². The highest BCUT2D eigenvalue weighted by Crippen LogP contribution is 2.33. The second-order valence-corrected chi connectivity index (χ2v) is 6.47. The molecule has 0 amide bonds. The van der Waals surface area contributed by atoms with Crippen molar-refractivity contribution >= 4 is 44.0 Å². The van der Waals surface area contributed by atoms with Gasteiger partial charge in [0.25, 0.3) is 0 Å². The Kier molecular flexibility index (Phi) is 3.68. The van der Waals surface area contributed by atoms with Crippen molar-refractivity contribution in [2.75, 3.05) is 0 Å². The van der Waals surface area contributed by atoms with E-state index in [1.165, 1.54) is 11.3 Å². The van der Waals surface area contributed by atoms with Crippen LogP contribution >= 0.6 is 27.3 Å². The lowest BCUT2D eigenvalue weighted by atomic mass is 10.1. The van der Waals surface area contributed by atoms with E-state index in [4.69, 9.17) is 0 Å². The number of hydrogen-bond donors (Lipinski definition) is 0. The van der Waals surface area contributed by atoms with Gasteiger partial charge in [-0.25, -0.2) is 0 Å². The third-order valence-electron chi connectivity index (χ3n) is 3.14. The maximum absolute atomic E-state index is 11.8. The van der Waals surface area contributed by atoms with Gasteiger partial charge < -0.3 is 0 Å².